The molecule has 1 N–H and O–H groups in total. The number of carboxylic acids is 1. The van der Waals surface area contributed by atoms with E-state index in [1.807, 2.05) is 12.1 Å². The molecule has 0 bridgehead atoms. The summed E-state index contributed by atoms with van der Waals surface area (Å²) >= 11 is 0. The van der Waals surface area contributed by atoms with Gasteiger partial charge < -0.3 is 9.52 Å². The van der Waals surface area contributed by atoms with Crippen LogP contribution in [0.2, 0.25) is 0 Å². The van der Waals surface area contributed by atoms with Crippen molar-refractivity contribution in [3.63, 3.8) is 0 Å². The third-order valence-electron chi connectivity index (χ3n) is 4.82. The maximum absolute atomic E-state index is 11.6. The average molecular weight is 263 g/mol. The lowest BCUT2D eigenvalue weighted by Gasteiger charge is -2.29. The van der Waals surface area contributed by atoms with Gasteiger partial charge in [0, 0.05) is 19.0 Å². The molecule has 1 aliphatic carbocycles. The van der Waals surface area contributed by atoms with E-state index < -0.39 is 5.97 Å². The Morgan fingerprint density at radius 2 is 2.42 bits per heavy atom. The summed E-state index contributed by atoms with van der Waals surface area (Å²) in [7, 11) is 0. The van der Waals surface area contributed by atoms with E-state index >= 15 is 0 Å². The van der Waals surface area contributed by atoms with E-state index in [-0.39, 0.29) is 12.1 Å². The van der Waals surface area contributed by atoms with Crippen molar-refractivity contribution in [2.75, 3.05) is 6.54 Å². The molecule has 104 valence electrons. The summed E-state index contributed by atoms with van der Waals surface area (Å²) < 4.78 is 5.38. The summed E-state index contributed by atoms with van der Waals surface area (Å²) in [6, 6.07) is 3.77. The van der Waals surface area contributed by atoms with Crippen LogP contribution in [0.1, 0.15) is 31.9 Å². The number of aliphatic carboxylic acids is 1. The van der Waals surface area contributed by atoms with E-state index in [1.54, 1.807) is 6.26 Å². The summed E-state index contributed by atoms with van der Waals surface area (Å²) in [6.45, 7) is 3.04. The van der Waals surface area contributed by atoms with Crippen LogP contribution in [0.15, 0.2) is 22.8 Å². The van der Waals surface area contributed by atoms with Crippen molar-refractivity contribution in [1.29, 1.82) is 0 Å². The van der Waals surface area contributed by atoms with Crippen molar-refractivity contribution in [1.82, 2.24) is 4.90 Å². The van der Waals surface area contributed by atoms with Gasteiger partial charge in [-0.1, -0.05) is 6.42 Å². The van der Waals surface area contributed by atoms with Gasteiger partial charge >= 0.3 is 5.97 Å². The number of carboxylic acid groups (broad SMARTS) is 1. The van der Waals surface area contributed by atoms with Gasteiger partial charge in [0.15, 0.2) is 0 Å². The molecule has 4 nitrogen and oxygen atoms in total. The zero-order chi connectivity index (χ0) is 13.4. The SMILES string of the molecule is CC(Cc1ccco1)N1CC2CCCC2C1C(=O)O. The molecule has 4 unspecified atom stereocenters. The fraction of sp³-hybridized carbons (Fsp3) is 0.667. The van der Waals surface area contributed by atoms with Crippen LogP contribution in [0.3, 0.4) is 0 Å². The Kier molecular flexibility index (Phi) is 3.35. The molecule has 1 aromatic heterocycles. The number of hydrogen-bond acceptors (Lipinski definition) is 3. The Morgan fingerprint density at radius 1 is 1.58 bits per heavy atom. The van der Waals surface area contributed by atoms with Crippen LogP contribution in [0.5, 0.6) is 0 Å². The fourth-order valence-electron chi connectivity index (χ4n) is 3.95. The van der Waals surface area contributed by atoms with Gasteiger partial charge in [-0.05, 0) is 43.7 Å². The second kappa shape index (κ2) is 5.00. The Morgan fingerprint density at radius 3 is 3.11 bits per heavy atom. The van der Waals surface area contributed by atoms with Crippen molar-refractivity contribution in [3.8, 4) is 0 Å². The highest BCUT2D eigenvalue weighted by atomic mass is 16.4. The van der Waals surface area contributed by atoms with Crippen LogP contribution in [-0.4, -0.2) is 34.6 Å². The minimum Gasteiger partial charge on any atom is -0.480 e. The first kappa shape index (κ1) is 12.7. The number of rotatable bonds is 4. The van der Waals surface area contributed by atoms with E-state index in [0.29, 0.717) is 11.8 Å². The Bertz CT molecular complexity index is 442. The van der Waals surface area contributed by atoms with E-state index in [0.717, 1.165) is 25.1 Å². The molecule has 4 heteroatoms. The van der Waals surface area contributed by atoms with Crippen LogP contribution in [-0.2, 0) is 11.2 Å². The molecule has 0 radical (unpaired) electrons. The number of likely N-dealkylation sites (tertiary alicyclic amines) is 1. The van der Waals surface area contributed by atoms with Gasteiger partial charge in [0.1, 0.15) is 11.8 Å². The van der Waals surface area contributed by atoms with Crippen molar-refractivity contribution < 1.29 is 14.3 Å². The second-order valence-corrected chi connectivity index (χ2v) is 5.97. The van der Waals surface area contributed by atoms with Gasteiger partial charge in [-0.15, -0.1) is 0 Å². The first-order chi connectivity index (χ1) is 9.16. The molecule has 19 heavy (non-hydrogen) atoms. The van der Waals surface area contributed by atoms with Crippen molar-refractivity contribution >= 4 is 5.97 Å². The maximum atomic E-state index is 11.6. The van der Waals surface area contributed by atoms with E-state index in [1.165, 1.54) is 12.8 Å². The molecule has 1 saturated carbocycles. The second-order valence-electron chi connectivity index (χ2n) is 5.97. The lowest BCUT2D eigenvalue weighted by atomic mass is 9.94. The molecular formula is C15H21NO3. The lowest BCUT2D eigenvalue weighted by Crippen LogP contribution is -2.45. The highest BCUT2D eigenvalue weighted by Gasteiger charge is 2.48. The smallest absolute Gasteiger partial charge is 0.321 e. The minimum atomic E-state index is -0.652. The predicted molar refractivity (Wildman–Crippen MR) is 70.8 cm³/mol. The molecule has 2 heterocycles. The van der Waals surface area contributed by atoms with Crippen LogP contribution >= 0.6 is 0 Å². The van der Waals surface area contributed by atoms with Crippen molar-refractivity contribution in [2.45, 2.75) is 44.7 Å². The Hall–Kier alpha value is -1.29. The molecule has 2 fully saturated rings. The highest BCUT2D eigenvalue weighted by Crippen LogP contribution is 2.43. The Labute approximate surface area is 113 Å². The molecule has 1 saturated heterocycles. The molecule has 0 spiro atoms. The molecule has 3 rings (SSSR count). The zero-order valence-corrected chi connectivity index (χ0v) is 11.3. The van der Waals surface area contributed by atoms with Crippen LogP contribution < -0.4 is 0 Å². The molecule has 4 atom stereocenters. The van der Waals surface area contributed by atoms with Crippen molar-refractivity contribution in [2.24, 2.45) is 11.8 Å². The van der Waals surface area contributed by atoms with E-state index in [4.69, 9.17) is 4.42 Å². The van der Waals surface area contributed by atoms with Gasteiger partial charge in [0.25, 0.3) is 0 Å². The summed E-state index contributed by atoms with van der Waals surface area (Å²) in [4.78, 5) is 13.8. The number of carbonyl (C=O) groups is 1. The third-order valence-corrected chi connectivity index (χ3v) is 4.82. The van der Waals surface area contributed by atoms with Gasteiger partial charge in [-0.3, -0.25) is 9.69 Å². The quantitative estimate of drug-likeness (QED) is 0.906. The highest BCUT2D eigenvalue weighted by molar-refractivity contribution is 5.74. The molecule has 1 aromatic rings. The van der Waals surface area contributed by atoms with E-state index in [9.17, 15) is 9.90 Å². The number of fused-ring (bicyclic) bond motifs is 1. The number of nitrogens with zero attached hydrogens (tertiary/aromatic N) is 1. The van der Waals surface area contributed by atoms with Crippen LogP contribution in [0, 0.1) is 11.8 Å². The monoisotopic (exact) mass is 263 g/mol. The predicted octanol–water partition coefficient (Wildman–Crippen LogP) is 2.40. The normalized spacial score (nSPS) is 32.4. The average Bonchev–Trinajstić information content (AvgIpc) is 3.02. The van der Waals surface area contributed by atoms with Gasteiger partial charge in [0.05, 0.1) is 6.26 Å². The molecule has 1 aliphatic heterocycles. The maximum Gasteiger partial charge on any atom is 0.321 e. The first-order valence-electron chi connectivity index (χ1n) is 7.17. The Balaban J connectivity index is 1.73. The lowest BCUT2D eigenvalue weighted by molar-refractivity contribution is -0.144. The summed E-state index contributed by atoms with van der Waals surface area (Å²) in [5.74, 6) is 1.23. The van der Waals surface area contributed by atoms with Crippen LogP contribution in [0.25, 0.3) is 0 Å². The van der Waals surface area contributed by atoms with E-state index in [2.05, 4.69) is 11.8 Å². The van der Waals surface area contributed by atoms with Gasteiger partial charge in [0.2, 0.25) is 0 Å². The third kappa shape index (κ3) is 2.29. The topological polar surface area (TPSA) is 53.7 Å². The summed E-state index contributed by atoms with van der Waals surface area (Å²) in [5, 5.41) is 9.54. The molecular weight excluding hydrogens is 242 g/mol. The zero-order valence-electron chi connectivity index (χ0n) is 11.3. The number of furan rings is 1. The largest absolute Gasteiger partial charge is 0.480 e. The van der Waals surface area contributed by atoms with Crippen molar-refractivity contribution in [3.05, 3.63) is 24.2 Å². The number of hydrogen-bond donors (Lipinski definition) is 1. The fourth-order valence-corrected chi connectivity index (χ4v) is 3.95. The standard InChI is InChI=1S/C15H21NO3/c1-10(8-12-5-3-7-19-12)16-9-11-4-2-6-13(11)14(16)15(17)18/h3,5,7,10-11,13-14H,2,4,6,8-9H2,1H3,(H,17,18). The van der Waals surface area contributed by atoms with Gasteiger partial charge in [-0.2, -0.15) is 0 Å². The molecule has 0 aromatic carbocycles. The van der Waals surface area contributed by atoms with Crippen LogP contribution in [0.4, 0.5) is 0 Å². The minimum absolute atomic E-state index is 0.220. The molecule has 0 amide bonds. The van der Waals surface area contributed by atoms with Gasteiger partial charge in [-0.25, -0.2) is 0 Å². The molecule has 2 aliphatic rings. The first-order valence-corrected chi connectivity index (χ1v) is 7.17. The summed E-state index contributed by atoms with van der Waals surface area (Å²) in [5.41, 5.74) is 0. The summed E-state index contributed by atoms with van der Waals surface area (Å²) in [6.07, 6.45) is 5.93.